The maximum absolute atomic E-state index is 13.9. The zero-order chi connectivity index (χ0) is 19.3. The lowest BCUT2D eigenvalue weighted by molar-refractivity contribution is -0.115. The second kappa shape index (κ2) is 8.79. The van der Waals surface area contributed by atoms with Crippen LogP contribution >= 0.6 is 11.8 Å². The van der Waals surface area contributed by atoms with E-state index in [4.69, 9.17) is 5.73 Å². The van der Waals surface area contributed by atoms with Crippen LogP contribution in [0.3, 0.4) is 0 Å². The second-order valence-corrected chi connectivity index (χ2v) is 6.96. The molecule has 7 nitrogen and oxygen atoms in total. The standard InChI is InChI=1S/C17H22FN5O2S/c1-4-23-15(21-22-17(23)26-9-13(19)24)14(10(2)3)20-16(25)11-7-5-6-8-12(11)18/h5-8,10,14H,4,9H2,1-3H3,(H2,19,24)(H,20,25)/t14-/m1/s1. The van der Waals surface area contributed by atoms with Crippen molar-refractivity contribution in [2.75, 3.05) is 5.75 Å². The van der Waals surface area contributed by atoms with Gasteiger partial charge in [0.15, 0.2) is 11.0 Å². The van der Waals surface area contributed by atoms with Crippen molar-refractivity contribution < 1.29 is 14.0 Å². The predicted octanol–water partition coefficient (Wildman–Crippen LogP) is 2.14. The number of carbonyl (C=O) groups excluding carboxylic acids is 2. The first kappa shape index (κ1) is 19.9. The Bertz CT molecular complexity index is 793. The molecule has 0 aliphatic heterocycles. The molecule has 0 saturated heterocycles. The van der Waals surface area contributed by atoms with E-state index < -0.39 is 23.7 Å². The van der Waals surface area contributed by atoms with Gasteiger partial charge >= 0.3 is 0 Å². The first-order chi connectivity index (χ1) is 12.3. The molecule has 9 heteroatoms. The van der Waals surface area contributed by atoms with Crippen LogP contribution in [0.2, 0.25) is 0 Å². The van der Waals surface area contributed by atoms with Gasteiger partial charge in [-0.15, -0.1) is 10.2 Å². The number of thioether (sulfide) groups is 1. The number of primary amides is 1. The zero-order valence-electron chi connectivity index (χ0n) is 14.9. The molecule has 26 heavy (non-hydrogen) atoms. The van der Waals surface area contributed by atoms with Gasteiger partial charge in [0.25, 0.3) is 5.91 Å². The van der Waals surface area contributed by atoms with Crippen molar-refractivity contribution in [2.24, 2.45) is 11.7 Å². The van der Waals surface area contributed by atoms with Crippen LogP contribution in [0.5, 0.6) is 0 Å². The van der Waals surface area contributed by atoms with Gasteiger partial charge < -0.3 is 15.6 Å². The van der Waals surface area contributed by atoms with Crippen LogP contribution < -0.4 is 11.1 Å². The summed E-state index contributed by atoms with van der Waals surface area (Å²) in [6.45, 7) is 6.33. The number of halogens is 1. The Morgan fingerprint density at radius 3 is 2.58 bits per heavy atom. The molecule has 0 bridgehead atoms. The molecule has 0 unspecified atom stereocenters. The van der Waals surface area contributed by atoms with Crippen molar-refractivity contribution in [3.8, 4) is 0 Å². The Hall–Kier alpha value is -2.42. The molecule has 0 spiro atoms. The Balaban J connectivity index is 2.28. The molecule has 2 amide bonds. The minimum atomic E-state index is -0.581. The lowest BCUT2D eigenvalue weighted by Gasteiger charge is -2.22. The van der Waals surface area contributed by atoms with Gasteiger partial charge in [0.1, 0.15) is 5.82 Å². The number of hydrogen-bond donors (Lipinski definition) is 2. The van der Waals surface area contributed by atoms with Crippen molar-refractivity contribution in [1.29, 1.82) is 0 Å². The van der Waals surface area contributed by atoms with E-state index in [0.717, 1.165) is 0 Å². The first-order valence-corrected chi connectivity index (χ1v) is 9.23. The predicted molar refractivity (Wildman–Crippen MR) is 97.1 cm³/mol. The average molecular weight is 379 g/mol. The van der Waals surface area contributed by atoms with Gasteiger partial charge in [0.2, 0.25) is 5.91 Å². The fraction of sp³-hybridized carbons (Fsp3) is 0.412. The molecular weight excluding hydrogens is 357 g/mol. The minimum absolute atomic E-state index is 0.00536. The van der Waals surface area contributed by atoms with Gasteiger partial charge in [-0.05, 0) is 25.0 Å². The summed E-state index contributed by atoms with van der Waals surface area (Å²) in [6.07, 6.45) is 0. The van der Waals surface area contributed by atoms with Gasteiger partial charge in [-0.25, -0.2) is 4.39 Å². The molecule has 0 aliphatic rings. The normalized spacial score (nSPS) is 12.2. The highest BCUT2D eigenvalue weighted by molar-refractivity contribution is 7.99. The number of nitrogens with zero attached hydrogens (tertiary/aromatic N) is 3. The van der Waals surface area contributed by atoms with Crippen molar-refractivity contribution in [2.45, 2.75) is 38.5 Å². The molecule has 0 radical (unpaired) electrons. The van der Waals surface area contributed by atoms with Crippen molar-refractivity contribution >= 4 is 23.6 Å². The van der Waals surface area contributed by atoms with Crippen LogP contribution in [0.4, 0.5) is 4.39 Å². The maximum Gasteiger partial charge on any atom is 0.254 e. The number of nitrogens with two attached hydrogens (primary N) is 1. The largest absolute Gasteiger partial charge is 0.369 e. The molecule has 2 aromatic rings. The third-order valence-electron chi connectivity index (χ3n) is 3.76. The van der Waals surface area contributed by atoms with Gasteiger partial charge in [-0.2, -0.15) is 0 Å². The molecule has 0 aliphatic carbocycles. The topological polar surface area (TPSA) is 103 Å². The van der Waals surface area contributed by atoms with E-state index in [2.05, 4.69) is 15.5 Å². The summed E-state index contributed by atoms with van der Waals surface area (Å²) >= 11 is 1.19. The summed E-state index contributed by atoms with van der Waals surface area (Å²) < 4.78 is 15.7. The molecule has 1 atom stereocenters. The van der Waals surface area contributed by atoms with Crippen molar-refractivity contribution in [3.05, 3.63) is 41.5 Å². The molecule has 3 N–H and O–H groups in total. The Labute approximate surface area is 155 Å². The number of nitrogens with one attached hydrogen (secondary N) is 1. The summed E-state index contributed by atoms with van der Waals surface area (Å²) in [5.74, 6) is -0.906. The number of rotatable bonds is 8. The molecule has 140 valence electrons. The van der Waals surface area contributed by atoms with Crippen LogP contribution in [-0.2, 0) is 11.3 Å². The number of aromatic nitrogens is 3. The Morgan fingerprint density at radius 1 is 1.31 bits per heavy atom. The van der Waals surface area contributed by atoms with Gasteiger partial charge in [0.05, 0.1) is 17.4 Å². The second-order valence-electron chi connectivity index (χ2n) is 6.02. The zero-order valence-corrected chi connectivity index (χ0v) is 15.7. The smallest absolute Gasteiger partial charge is 0.254 e. The summed E-state index contributed by atoms with van der Waals surface area (Å²) in [5.41, 5.74) is 5.16. The van der Waals surface area contributed by atoms with E-state index in [1.165, 1.54) is 30.0 Å². The summed E-state index contributed by atoms with van der Waals surface area (Å²) in [6, 6.07) is 5.35. The van der Waals surface area contributed by atoms with Crippen LogP contribution in [0.15, 0.2) is 29.4 Å². The maximum atomic E-state index is 13.9. The summed E-state index contributed by atoms with van der Waals surface area (Å²) in [5, 5.41) is 11.7. The van der Waals surface area contributed by atoms with E-state index in [-0.39, 0.29) is 17.2 Å². The van der Waals surface area contributed by atoms with Gasteiger partial charge in [-0.1, -0.05) is 37.7 Å². The van der Waals surface area contributed by atoms with Gasteiger partial charge in [0, 0.05) is 6.54 Å². The molecule has 1 aromatic carbocycles. The monoisotopic (exact) mass is 379 g/mol. The van der Waals surface area contributed by atoms with Crippen LogP contribution in [0.1, 0.15) is 43.0 Å². The lowest BCUT2D eigenvalue weighted by Crippen LogP contribution is -2.34. The number of benzene rings is 1. The third-order valence-corrected chi connectivity index (χ3v) is 4.74. The van der Waals surface area contributed by atoms with Crippen molar-refractivity contribution in [1.82, 2.24) is 20.1 Å². The number of carbonyl (C=O) groups is 2. The van der Waals surface area contributed by atoms with Gasteiger partial charge in [-0.3, -0.25) is 9.59 Å². The van der Waals surface area contributed by atoms with Crippen LogP contribution in [0.25, 0.3) is 0 Å². The highest BCUT2D eigenvalue weighted by atomic mass is 32.2. The third kappa shape index (κ3) is 4.60. The SMILES string of the molecule is CCn1c(SCC(N)=O)nnc1[C@H](NC(=O)c1ccccc1F)C(C)C. The minimum Gasteiger partial charge on any atom is -0.369 e. The summed E-state index contributed by atoms with van der Waals surface area (Å²) in [7, 11) is 0. The van der Waals surface area contributed by atoms with E-state index in [1.54, 1.807) is 6.07 Å². The van der Waals surface area contributed by atoms with E-state index >= 15 is 0 Å². The highest BCUT2D eigenvalue weighted by Gasteiger charge is 2.26. The highest BCUT2D eigenvalue weighted by Crippen LogP contribution is 2.25. The van der Waals surface area contributed by atoms with E-state index in [0.29, 0.717) is 17.5 Å². The molecule has 1 heterocycles. The quantitative estimate of drug-likeness (QED) is 0.684. The fourth-order valence-electron chi connectivity index (χ4n) is 2.46. The fourth-order valence-corrected chi connectivity index (χ4v) is 3.21. The molecule has 0 fully saturated rings. The molecular formula is C17H22FN5O2S. The van der Waals surface area contributed by atoms with Crippen LogP contribution in [0, 0.1) is 11.7 Å². The molecule has 0 saturated carbocycles. The van der Waals surface area contributed by atoms with Crippen molar-refractivity contribution in [3.63, 3.8) is 0 Å². The Kier molecular flexibility index (Phi) is 6.73. The van der Waals surface area contributed by atoms with E-state index in [1.807, 2.05) is 25.3 Å². The summed E-state index contributed by atoms with van der Waals surface area (Å²) in [4.78, 5) is 23.5. The average Bonchev–Trinajstić information content (AvgIpc) is 3.00. The van der Waals surface area contributed by atoms with Crippen LogP contribution in [-0.4, -0.2) is 32.3 Å². The number of amides is 2. The Morgan fingerprint density at radius 2 is 2.00 bits per heavy atom. The first-order valence-electron chi connectivity index (χ1n) is 8.24. The lowest BCUT2D eigenvalue weighted by atomic mass is 10.0. The molecule has 1 aromatic heterocycles. The molecule has 2 rings (SSSR count). The van der Waals surface area contributed by atoms with E-state index in [9.17, 15) is 14.0 Å². The number of hydrogen-bond acceptors (Lipinski definition) is 5.